The van der Waals surface area contributed by atoms with Crippen molar-refractivity contribution in [3.05, 3.63) is 235 Å². The molecule has 0 saturated carbocycles. The van der Waals surface area contributed by atoms with Crippen molar-refractivity contribution in [2.75, 3.05) is 0 Å². The second kappa shape index (κ2) is 12.8. The fraction of sp³-hybridized carbons (Fsp3) is 0.0172. The summed E-state index contributed by atoms with van der Waals surface area (Å²) in [6.07, 6.45) is 0. The van der Waals surface area contributed by atoms with Crippen LogP contribution in [0.25, 0.3) is 100 Å². The van der Waals surface area contributed by atoms with E-state index in [0.29, 0.717) is 17.7 Å². The summed E-state index contributed by atoms with van der Waals surface area (Å²) in [5.74, 6) is 1.74. The highest BCUT2D eigenvalue weighted by Crippen LogP contribution is 2.63. The van der Waals surface area contributed by atoms with Gasteiger partial charge in [-0.1, -0.05) is 182 Å². The Morgan fingerprint density at radius 3 is 1.25 bits per heavy atom. The average Bonchev–Trinajstić information content (AvgIpc) is 4.06. The van der Waals surface area contributed by atoms with Crippen molar-refractivity contribution in [3.8, 4) is 56.7 Å². The van der Waals surface area contributed by atoms with E-state index in [1.54, 1.807) is 0 Å². The van der Waals surface area contributed by atoms with Crippen LogP contribution in [-0.4, -0.2) is 24.1 Å². The topological polar surface area (TPSA) is 48.5 Å². The molecule has 1 spiro atoms. The van der Waals surface area contributed by atoms with Gasteiger partial charge in [-0.15, -0.1) is 0 Å². The Morgan fingerprint density at radius 2 is 0.698 bits per heavy atom. The van der Waals surface area contributed by atoms with Crippen molar-refractivity contribution in [1.29, 1.82) is 0 Å². The minimum atomic E-state index is -0.421. The van der Waals surface area contributed by atoms with Crippen molar-refractivity contribution in [2.24, 2.45) is 0 Å². The molecule has 0 N–H and O–H groups in total. The molecule has 0 bridgehead atoms. The van der Waals surface area contributed by atoms with Gasteiger partial charge in [-0.2, -0.15) is 15.0 Å². The first-order valence-electron chi connectivity index (χ1n) is 21.5. The van der Waals surface area contributed by atoms with E-state index >= 15 is 0 Å². The van der Waals surface area contributed by atoms with Gasteiger partial charge >= 0.3 is 0 Å². The molecule has 5 nitrogen and oxygen atoms in total. The zero-order valence-electron chi connectivity index (χ0n) is 33.9. The lowest BCUT2D eigenvalue weighted by Gasteiger charge is -2.30. The first-order valence-corrected chi connectivity index (χ1v) is 21.5. The first-order chi connectivity index (χ1) is 31.3. The molecule has 3 aromatic heterocycles. The van der Waals surface area contributed by atoms with E-state index in [-0.39, 0.29) is 0 Å². The molecule has 0 radical (unpaired) electrons. The second-order valence-electron chi connectivity index (χ2n) is 16.7. The molecule has 14 rings (SSSR count). The molecule has 3 heterocycles. The third kappa shape index (κ3) is 4.63. The van der Waals surface area contributed by atoms with E-state index < -0.39 is 5.41 Å². The maximum absolute atomic E-state index is 5.41. The van der Waals surface area contributed by atoms with Gasteiger partial charge in [0.2, 0.25) is 11.9 Å². The summed E-state index contributed by atoms with van der Waals surface area (Å²) in [6, 6.07) is 76.8. The summed E-state index contributed by atoms with van der Waals surface area (Å²) in [5.41, 5.74) is 17.5. The first kappa shape index (κ1) is 34.3. The van der Waals surface area contributed by atoms with Gasteiger partial charge in [-0.05, 0) is 86.0 Å². The largest absolute Gasteiger partial charge is 0.278 e. The lowest BCUT2D eigenvalue weighted by Crippen LogP contribution is -2.25. The smallest absolute Gasteiger partial charge is 0.240 e. The van der Waals surface area contributed by atoms with E-state index in [1.165, 1.54) is 44.5 Å². The molecular weight excluding hydrogens is 767 g/mol. The van der Waals surface area contributed by atoms with E-state index in [9.17, 15) is 0 Å². The van der Waals surface area contributed by atoms with Gasteiger partial charge in [-0.3, -0.25) is 9.13 Å². The van der Waals surface area contributed by atoms with Gasteiger partial charge in [0.1, 0.15) is 0 Å². The van der Waals surface area contributed by atoms with E-state index in [0.717, 1.165) is 60.3 Å². The molecule has 2 aliphatic rings. The van der Waals surface area contributed by atoms with Crippen molar-refractivity contribution in [3.63, 3.8) is 0 Å². The molecule has 292 valence electrons. The normalized spacial score (nSPS) is 13.2. The summed E-state index contributed by atoms with van der Waals surface area (Å²) in [5, 5.41) is 4.59. The summed E-state index contributed by atoms with van der Waals surface area (Å²) < 4.78 is 4.41. The van der Waals surface area contributed by atoms with Gasteiger partial charge < -0.3 is 0 Å². The van der Waals surface area contributed by atoms with Gasteiger partial charge in [0.15, 0.2) is 5.82 Å². The van der Waals surface area contributed by atoms with Crippen molar-refractivity contribution in [1.82, 2.24) is 24.1 Å². The predicted molar refractivity (Wildman–Crippen MR) is 256 cm³/mol. The summed E-state index contributed by atoms with van der Waals surface area (Å²) >= 11 is 0. The highest BCUT2D eigenvalue weighted by atomic mass is 15.3. The number of aromatic nitrogens is 5. The molecule has 12 aromatic rings. The number of nitrogens with zero attached hydrogens (tertiary/aromatic N) is 5. The SMILES string of the molecule is c1ccc(-c2nc(-n3c4ccccc4c4ccccc43)nc(-n3c4ccccc4c4ccc(-c5ccc6c(c5)C5(c7ccccc7-c7ccccc75)c5ccccc5-6)cc43)n2)cc1. The van der Waals surface area contributed by atoms with Crippen LogP contribution >= 0.6 is 0 Å². The van der Waals surface area contributed by atoms with Crippen LogP contribution in [0.4, 0.5) is 0 Å². The molecule has 5 heteroatoms. The van der Waals surface area contributed by atoms with Crippen LogP contribution in [0.1, 0.15) is 22.3 Å². The van der Waals surface area contributed by atoms with Crippen LogP contribution in [0.2, 0.25) is 0 Å². The minimum Gasteiger partial charge on any atom is -0.278 e. The molecule has 0 aliphatic heterocycles. The maximum atomic E-state index is 5.41. The monoisotopic (exact) mass is 801 g/mol. The Morgan fingerprint density at radius 1 is 0.286 bits per heavy atom. The third-order valence-corrected chi connectivity index (χ3v) is 13.6. The molecule has 0 amide bonds. The van der Waals surface area contributed by atoms with Crippen LogP contribution < -0.4 is 0 Å². The van der Waals surface area contributed by atoms with Crippen LogP contribution in [-0.2, 0) is 5.41 Å². The number of benzene rings is 9. The number of hydrogen-bond donors (Lipinski definition) is 0. The van der Waals surface area contributed by atoms with Crippen LogP contribution in [0.3, 0.4) is 0 Å². The number of hydrogen-bond acceptors (Lipinski definition) is 3. The zero-order chi connectivity index (χ0) is 41.2. The highest BCUT2D eigenvalue weighted by molar-refractivity contribution is 6.11. The number of para-hydroxylation sites is 3. The fourth-order valence-corrected chi connectivity index (χ4v) is 11.0. The lowest BCUT2D eigenvalue weighted by molar-refractivity contribution is 0.794. The molecular formula is C58H35N5. The molecule has 2 aliphatic carbocycles. The van der Waals surface area contributed by atoms with Crippen LogP contribution in [0.5, 0.6) is 0 Å². The van der Waals surface area contributed by atoms with E-state index in [2.05, 4.69) is 203 Å². The summed E-state index contributed by atoms with van der Waals surface area (Å²) in [4.78, 5) is 15.9. The number of rotatable bonds is 4. The quantitative estimate of drug-likeness (QED) is 0.178. The molecule has 63 heavy (non-hydrogen) atoms. The molecule has 0 fully saturated rings. The van der Waals surface area contributed by atoms with E-state index in [4.69, 9.17) is 15.0 Å². The van der Waals surface area contributed by atoms with Gasteiger partial charge in [0, 0.05) is 27.1 Å². The van der Waals surface area contributed by atoms with Crippen molar-refractivity contribution in [2.45, 2.75) is 5.41 Å². The lowest BCUT2D eigenvalue weighted by atomic mass is 9.70. The fourth-order valence-electron chi connectivity index (χ4n) is 11.0. The Kier molecular flexibility index (Phi) is 6.97. The third-order valence-electron chi connectivity index (χ3n) is 13.6. The van der Waals surface area contributed by atoms with Gasteiger partial charge in [-0.25, -0.2) is 0 Å². The van der Waals surface area contributed by atoms with Crippen LogP contribution in [0.15, 0.2) is 212 Å². The van der Waals surface area contributed by atoms with Crippen LogP contribution in [0, 0.1) is 0 Å². The molecule has 0 saturated heterocycles. The van der Waals surface area contributed by atoms with E-state index in [1.807, 2.05) is 18.2 Å². The van der Waals surface area contributed by atoms with Crippen molar-refractivity contribution >= 4 is 43.6 Å². The number of fused-ring (bicyclic) bond motifs is 16. The Balaban J connectivity index is 1.02. The standard InChI is InChI=1S/C58H35N5/c1-2-16-36(17-3-1)55-59-56(62-51-27-13-7-21-43(51)44-22-8-14-28-52(44)62)61-57(60-55)63-53-29-15-9-23-45(53)46-33-31-38(35-54(46)63)37-30-32-42-41-20-6-12-26-49(41)58(50(42)34-37)47-24-10-4-18-39(47)40-19-5-11-25-48(40)58/h1-35H. The highest BCUT2D eigenvalue weighted by Gasteiger charge is 2.51. The maximum Gasteiger partial charge on any atom is 0.240 e. The summed E-state index contributed by atoms with van der Waals surface area (Å²) in [7, 11) is 0. The zero-order valence-corrected chi connectivity index (χ0v) is 33.9. The summed E-state index contributed by atoms with van der Waals surface area (Å²) in [6.45, 7) is 0. The van der Waals surface area contributed by atoms with Gasteiger partial charge in [0.05, 0.1) is 27.5 Å². The minimum absolute atomic E-state index is 0.421. The Labute approximate surface area is 362 Å². The molecule has 0 unspecified atom stereocenters. The molecule has 9 aromatic carbocycles. The predicted octanol–water partition coefficient (Wildman–Crippen LogP) is 13.7. The average molecular weight is 802 g/mol. The second-order valence-corrected chi connectivity index (χ2v) is 16.7. The van der Waals surface area contributed by atoms with Crippen molar-refractivity contribution < 1.29 is 0 Å². The van der Waals surface area contributed by atoms with Gasteiger partial charge in [0.25, 0.3) is 0 Å². The Hall–Kier alpha value is -8.41. The molecule has 0 atom stereocenters. The Bertz CT molecular complexity index is 3760.